The largest absolute Gasteiger partial charge is 0.573 e. The summed E-state index contributed by atoms with van der Waals surface area (Å²) in [5, 5.41) is 8.66. The lowest BCUT2D eigenvalue weighted by Gasteiger charge is -2.13. The van der Waals surface area contributed by atoms with Crippen molar-refractivity contribution < 1.29 is 26.3 Å². The molecule has 0 aliphatic rings. The summed E-state index contributed by atoms with van der Waals surface area (Å²) in [6.07, 6.45) is -3.89. The average Bonchev–Trinajstić information content (AvgIpc) is 2.69. The van der Waals surface area contributed by atoms with Gasteiger partial charge in [-0.3, -0.25) is 9.36 Å². The second-order valence-electron chi connectivity index (χ2n) is 6.36. The Bertz CT molecular complexity index is 1380. The van der Waals surface area contributed by atoms with Gasteiger partial charge >= 0.3 is 6.36 Å². The molecule has 2 aromatic carbocycles. The topological polar surface area (TPSA) is 102 Å². The second kappa shape index (κ2) is 8.20. The summed E-state index contributed by atoms with van der Waals surface area (Å²) in [6, 6.07) is 7.58. The third kappa shape index (κ3) is 4.81. The van der Waals surface area contributed by atoms with Gasteiger partial charge in [0, 0.05) is 6.07 Å². The number of fused-ring (bicyclic) bond motifs is 1. The molecule has 3 rings (SSSR count). The van der Waals surface area contributed by atoms with Crippen LogP contribution < -0.4 is 10.3 Å². The number of aromatic nitrogens is 2. The fraction of sp³-hybridized carbons (Fsp3) is 0.211. The first-order chi connectivity index (χ1) is 14.4. The molecule has 1 heterocycles. The molecule has 0 radical (unpaired) electrons. The lowest BCUT2D eigenvalue weighted by molar-refractivity contribution is -0.274. The zero-order valence-corrected chi connectivity index (χ0v) is 17.3. The molecule has 0 spiro atoms. The van der Waals surface area contributed by atoms with Gasteiger partial charge in [-0.1, -0.05) is 18.5 Å². The van der Waals surface area contributed by atoms with E-state index in [1.807, 2.05) is 6.07 Å². The maximum absolute atomic E-state index is 12.9. The van der Waals surface area contributed by atoms with Gasteiger partial charge in [-0.15, -0.1) is 13.2 Å². The smallest absolute Gasteiger partial charge is 0.406 e. The summed E-state index contributed by atoms with van der Waals surface area (Å²) >= 11 is 5.95. The summed E-state index contributed by atoms with van der Waals surface area (Å²) in [5.74, 6) is -0.896. The number of sulfone groups is 1. The molecule has 0 N–H and O–H groups in total. The molecular formula is C19H13ClF3N3O4S. The van der Waals surface area contributed by atoms with Crippen molar-refractivity contribution in [1.29, 1.82) is 5.26 Å². The van der Waals surface area contributed by atoms with E-state index in [9.17, 15) is 26.4 Å². The van der Waals surface area contributed by atoms with Crippen LogP contribution in [0.1, 0.15) is 18.1 Å². The predicted molar refractivity (Wildman–Crippen MR) is 106 cm³/mol. The fourth-order valence-corrected chi connectivity index (χ4v) is 4.29. The molecule has 3 aromatic rings. The fourth-order valence-electron chi connectivity index (χ4n) is 2.92. The first kappa shape index (κ1) is 22.6. The highest BCUT2D eigenvalue weighted by Gasteiger charge is 2.31. The summed E-state index contributed by atoms with van der Waals surface area (Å²) in [5.41, 5.74) is -0.458. The number of ether oxygens (including phenoxy) is 1. The minimum absolute atomic E-state index is 0.0374. The first-order valence-corrected chi connectivity index (χ1v) is 10.7. The third-order valence-corrected chi connectivity index (χ3v) is 6.45. The molecule has 0 atom stereocenters. The van der Waals surface area contributed by atoms with Gasteiger partial charge in [0.2, 0.25) is 0 Å². The summed E-state index contributed by atoms with van der Waals surface area (Å²) in [4.78, 5) is 16.8. The molecule has 12 heteroatoms. The molecule has 0 saturated heterocycles. The second-order valence-corrected chi connectivity index (χ2v) is 9.02. The molecule has 31 heavy (non-hydrogen) atoms. The Labute approximate surface area is 179 Å². The Morgan fingerprint density at radius 1 is 1.26 bits per heavy atom. The standard InChI is InChI=1S/C19H13ClF3N3O4S/c1-2-31(28,29)16-4-3-11(8-24)5-12(16)9-26-10-25-17-14(18(26)27)6-13(7-15(17)20)30-19(21,22)23/h3-7,10H,2,9H2,1H3. The molecule has 0 unspecified atom stereocenters. The first-order valence-electron chi connectivity index (χ1n) is 8.65. The van der Waals surface area contributed by atoms with Crippen LogP contribution in [-0.2, 0) is 16.4 Å². The van der Waals surface area contributed by atoms with E-state index in [2.05, 4.69) is 9.72 Å². The van der Waals surface area contributed by atoms with Crippen LogP contribution in [0.2, 0.25) is 5.02 Å². The molecule has 0 bridgehead atoms. The Balaban J connectivity index is 2.16. The highest BCUT2D eigenvalue weighted by molar-refractivity contribution is 7.91. The Morgan fingerprint density at radius 2 is 1.97 bits per heavy atom. The van der Waals surface area contributed by atoms with Gasteiger partial charge in [0.25, 0.3) is 5.56 Å². The van der Waals surface area contributed by atoms with E-state index in [0.29, 0.717) is 0 Å². The molecule has 0 aliphatic carbocycles. The van der Waals surface area contributed by atoms with Crippen LogP contribution in [-0.4, -0.2) is 30.1 Å². The molecular weight excluding hydrogens is 459 g/mol. The quantitative estimate of drug-likeness (QED) is 0.562. The zero-order valence-electron chi connectivity index (χ0n) is 15.8. The number of hydrogen-bond acceptors (Lipinski definition) is 6. The van der Waals surface area contributed by atoms with E-state index in [1.165, 1.54) is 25.1 Å². The predicted octanol–water partition coefficient (Wildman–Crippen LogP) is 3.66. The minimum atomic E-state index is -4.99. The Kier molecular flexibility index (Phi) is 5.98. The van der Waals surface area contributed by atoms with E-state index in [-0.39, 0.29) is 44.2 Å². The Morgan fingerprint density at radius 3 is 2.58 bits per heavy atom. The molecule has 0 aliphatic heterocycles. The van der Waals surface area contributed by atoms with E-state index in [0.717, 1.165) is 23.0 Å². The van der Waals surface area contributed by atoms with Crippen LogP contribution in [0.3, 0.4) is 0 Å². The maximum atomic E-state index is 12.9. The van der Waals surface area contributed by atoms with Crippen LogP contribution in [0, 0.1) is 11.3 Å². The average molecular weight is 472 g/mol. The van der Waals surface area contributed by atoms with Crippen LogP contribution in [0.4, 0.5) is 13.2 Å². The lowest BCUT2D eigenvalue weighted by atomic mass is 10.1. The number of hydrogen-bond donors (Lipinski definition) is 0. The summed E-state index contributed by atoms with van der Waals surface area (Å²) in [7, 11) is -3.67. The number of benzene rings is 2. The van der Waals surface area contributed by atoms with Gasteiger partial charge in [-0.25, -0.2) is 13.4 Å². The van der Waals surface area contributed by atoms with Crippen molar-refractivity contribution in [2.45, 2.75) is 24.7 Å². The van der Waals surface area contributed by atoms with Crippen molar-refractivity contribution in [3.05, 3.63) is 63.2 Å². The molecule has 0 saturated carbocycles. The lowest BCUT2D eigenvalue weighted by Crippen LogP contribution is -2.23. The molecule has 0 amide bonds. The molecule has 0 fully saturated rings. The van der Waals surface area contributed by atoms with Crippen LogP contribution in [0.15, 0.2) is 46.3 Å². The monoisotopic (exact) mass is 471 g/mol. The van der Waals surface area contributed by atoms with Crippen LogP contribution in [0.25, 0.3) is 10.9 Å². The number of alkyl halides is 3. The number of nitriles is 1. The SMILES string of the molecule is CCS(=O)(=O)c1ccc(C#N)cc1Cn1cnc2c(Cl)cc(OC(F)(F)F)cc2c1=O. The van der Waals surface area contributed by atoms with Crippen LogP contribution in [0.5, 0.6) is 5.75 Å². The molecule has 1 aromatic heterocycles. The molecule has 7 nitrogen and oxygen atoms in total. The zero-order chi connectivity index (χ0) is 23.0. The number of rotatable bonds is 5. The van der Waals surface area contributed by atoms with Crippen molar-refractivity contribution in [2.24, 2.45) is 0 Å². The highest BCUT2D eigenvalue weighted by Crippen LogP contribution is 2.30. The van der Waals surface area contributed by atoms with E-state index < -0.39 is 27.5 Å². The summed E-state index contributed by atoms with van der Waals surface area (Å²) in [6.45, 7) is 1.17. The number of halogens is 4. The van der Waals surface area contributed by atoms with E-state index >= 15 is 0 Å². The van der Waals surface area contributed by atoms with Gasteiger partial charge in [0.15, 0.2) is 9.84 Å². The van der Waals surface area contributed by atoms with Crippen molar-refractivity contribution >= 4 is 32.3 Å². The third-order valence-electron chi connectivity index (χ3n) is 4.33. The molecule has 162 valence electrons. The van der Waals surface area contributed by atoms with E-state index in [1.54, 1.807) is 0 Å². The van der Waals surface area contributed by atoms with Gasteiger partial charge in [0.05, 0.1) is 51.1 Å². The highest BCUT2D eigenvalue weighted by atomic mass is 35.5. The van der Waals surface area contributed by atoms with Crippen molar-refractivity contribution in [2.75, 3.05) is 5.75 Å². The maximum Gasteiger partial charge on any atom is 0.573 e. The van der Waals surface area contributed by atoms with Gasteiger partial charge in [0.1, 0.15) is 5.75 Å². The summed E-state index contributed by atoms with van der Waals surface area (Å²) < 4.78 is 67.3. The normalized spacial score (nSPS) is 12.0. The van der Waals surface area contributed by atoms with Crippen LogP contribution >= 0.6 is 11.6 Å². The minimum Gasteiger partial charge on any atom is -0.406 e. The number of nitrogens with zero attached hydrogens (tertiary/aromatic N) is 3. The van der Waals surface area contributed by atoms with Gasteiger partial charge in [-0.05, 0) is 29.8 Å². The van der Waals surface area contributed by atoms with Crippen molar-refractivity contribution in [1.82, 2.24) is 9.55 Å². The van der Waals surface area contributed by atoms with Gasteiger partial charge < -0.3 is 4.74 Å². The van der Waals surface area contributed by atoms with Crippen molar-refractivity contribution in [3.63, 3.8) is 0 Å². The Hall–Kier alpha value is -3.10. The van der Waals surface area contributed by atoms with E-state index in [4.69, 9.17) is 16.9 Å². The van der Waals surface area contributed by atoms with Crippen molar-refractivity contribution in [3.8, 4) is 11.8 Å². The van der Waals surface area contributed by atoms with Gasteiger partial charge in [-0.2, -0.15) is 5.26 Å².